The van der Waals surface area contributed by atoms with Crippen LogP contribution in [0.15, 0.2) is 83.8 Å². The summed E-state index contributed by atoms with van der Waals surface area (Å²) in [6.45, 7) is 2.26. The molecule has 0 saturated heterocycles. The van der Waals surface area contributed by atoms with Crippen molar-refractivity contribution in [1.82, 2.24) is 4.31 Å². The smallest absolute Gasteiger partial charge is 0.245 e. The van der Waals surface area contributed by atoms with E-state index in [1.54, 1.807) is 29.2 Å². The first-order chi connectivity index (χ1) is 13.9. The third kappa shape index (κ3) is 3.95. The van der Waals surface area contributed by atoms with Gasteiger partial charge in [-0.05, 0) is 30.2 Å². The maximum atomic E-state index is 13.4. The van der Waals surface area contributed by atoms with Gasteiger partial charge in [0.1, 0.15) is 4.90 Å². The van der Waals surface area contributed by atoms with E-state index in [1.165, 1.54) is 4.31 Å². The molecule has 3 aromatic carbocycles. The molecule has 0 N–H and O–H groups in total. The minimum Gasteiger partial charge on any atom is -0.305 e. The first kappa shape index (κ1) is 19.4. The summed E-state index contributed by atoms with van der Waals surface area (Å²) >= 11 is 0. The summed E-state index contributed by atoms with van der Waals surface area (Å²) in [6, 6.07) is 24.0. The highest BCUT2D eigenvalue weighted by molar-refractivity contribution is 7.89. The first-order valence-electron chi connectivity index (χ1n) is 9.44. The van der Waals surface area contributed by atoms with Crippen LogP contribution in [-0.2, 0) is 27.9 Å². The number of rotatable bonds is 4. The minimum atomic E-state index is -3.81. The van der Waals surface area contributed by atoms with Gasteiger partial charge in [0.15, 0.2) is 0 Å². The van der Waals surface area contributed by atoms with Crippen LogP contribution in [0.3, 0.4) is 0 Å². The van der Waals surface area contributed by atoms with Crippen molar-refractivity contribution in [3.63, 3.8) is 0 Å². The zero-order chi connectivity index (χ0) is 20.4. The van der Waals surface area contributed by atoms with Gasteiger partial charge in [0.25, 0.3) is 0 Å². The number of anilines is 1. The lowest BCUT2D eigenvalue weighted by Crippen LogP contribution is -2.38. The van der Waals surface area contributed by atoms with Crippen molar-refractivity contribution in [1.29, 1.82) is 0 Å². The van der Waals surface area contributed by atoms with Gasteiger partial charge in [-0.2, -0.15) is 4.31 Å². The number of hydrogen-bond donors (Lipinski definition) is 0. The number of carbonyl (C=O) groups is 1. The summed E-state index contributed by atoms with van der Waals surface area (Å²) in [7, 11) is -3.81. The molecule has 0 unspecified atom stereocenters. The van der Waals surface area contributed by atoms with Gasteiger partial charge in [-0.25, -0.2) is 8.42 Å². The number of hydrogen-bond acceptors (Lipinski definition) is 3. The second kappa shape index (κ2) is 7.81. The normalized spacial score (nSPS) is 16.3. The molecule has 1 aliphatic heterocycles. The maximum Gasteiger partial charge on any atom is 0.245 e. The Hall–Kier alpha value is -2.96. The lowest BCUT2D eigenvalue weighted by molar-refractivity contribution is -0.119. The summed E-state index contributed by atoms with van der Waals surface area (Å²) in [5.41, 5.74) is 3.32. The van der Waals surface area contributed by atoms with Crippen LogP contribution in [0.2, 0.25) is 0 Å². The van der Waals surface area contributed by atoms with E-state index in [0.717, 1.165) is 16.7 Å². The fourth-order valence-electron chi connectivity index (χ4n) is 3.47. The molecule has 0 radical (unpaired) electrons. The third-order valence-corrected chi connectivity index (χ3v) is 6.89. The lowest BCUT2D eigenvalue weighted by atomic mass is 10.1. The molecule has 1 aliphatic rings. The highest BCUT2D eigenvalue weighted by Gasteiger charge is 2.36. The zero-order valence-corrected chi connectivity index (χ0v) is 17.0. The van der Waals surface area contributed by atoms with Gasteiger partial charge >= 0.3 is 0 Å². The van der Waals surface area contributed by atoms with E-state index < -0.39 is 10.0 Å². The summed E-state index contributed by atoms with van der Waals surface area (Å²) in [4.78, 5) is 14.9. The van der Waals surface area contributed by atoms with Crippen LogP contribution >= 0.6 is 0 Å². The van der Waals surface area contributed by atoms with Gasteiger partial charge in [-0.1, -0.05) is 72.3 Å². The molecule has 29 heavy (non-hydrogen) atoms. The van der Waals surface area contributed by atoms with Crippen molar-refractivity contribution in [3.8, 4) is 0 Å². The van der Waals surface area contributed by atoms with Gasteiger partial charge in [-0.15, -0.1) is 0 Å². The summed E-state index contributed by atoms with van der Waals surface area (Å²) in [6.07, 6.45) is 0. The van der Waals surface area contributed by atoms with E-state index >= 15 is 0 Å². The number of amides is 1. The van der Waals surface area contributed by atoms with Gasteiger partial charge < -0.3 is 4.90 Å². The molecule has 0 spiro atoms. The van der Waals surface area contributed by atoms with Crippen molar-refractivity contribution >= 4 is 21.6 Å². The molecule has 0 aromatic heterocycles. The van der Waals surface area contributed by atoms with Crippen LogP contribution < -0.4 is 4.90 Å². The molecule has 0 atom stereocenters. The third-order valence-electron chi connectivity index (χ3n) is 5.05. The molecule has 0 saturated carbocycles. The van der Waals surface area contributed by atoms with E-state index in [4.69, 9.17) is 0 Å². The fraction of sp³-hybridized carbons (Fsp3) is 0.174. The molecule has 148 valence electrons. The van der Waals surface area contributed by atoms with E-state index in [1.807, 2.05) is 61.5 Å². The predicted molar refractivity (Wildman–Crippen MR) is 113 cm³/mol. The molecule has 0 fully saturated rings. The van der Waals surface area contributed by atoms with Crippen LogP contribution in [0.25, 0.3) is 0 Å². The average Bonchev–Trinajstić information content (AvgIpc) is 2.80. The Bertz CT molecular complexity index is 1130. The minimum absolute atomic E-state index is 0.155. The maximum absolute atomic E-state index is 13.4. The lowest BCUT2D eigenvalue weighted by Gasteiger charge is -2.22. The average molecular weight is 407 g/mol. The number of benzene rings is 3. The number of fused-ring (bicyclic) bond motifs is 1. The largest absolute Gasteiger partial charge is 0.305 e. The monoisotopic (exact) mass is 406 g/mol. The van der Waals surface area contributed by atoms with Crippen LogP contribution in [0.4, 0.5) is 5.69 Å². The summed E-state index contributed by atoms with van der Waals surface area (Å²) < 4.78 is 28.0. The van der Waals surface area contributed by atoms with E-state index in [2.05, 4.69) is 0 Å². The number of carbonyl (C=O) groups excluding carboxylic acids is 1. The second-order valence-corrected chi connectivity index (χ2v) is 9.10. The quantitative estimate of drug-likeness (QED) is 0.663. The fourth-order valence-corrected chi connectivity index (χ4v) is 5.04. The van der Waals surface area contributed by atoms with Crippen LogP contribution in [0.1, 0.15) is 16.7 Å². The molecular weight excluding hydrogens is 384 g/mol. The van der Waals surface area contributed by atoms with Crippen molar-refractivity contribution in [2.45, 2.75) is 24.9 Å². The molecule has 1 amide bonds. The van der Waals surface area contributed by atoms with Gasteiger partial charge in [0.05, 0.1) is 18.8 Å². The molecule has 5 nitrogen and oxygen atoms in total. The molecular formula is C23H22N2O3S. The highest BCUT2D eigenvalue weighted by Crippen LogP contribution is 2.33. The topological polar surface area (TPSA) is 57.7 Å². The molecule has 1 heterocycles. The van der Waals surface area contributed by atoms with Crippen molar-refractivity contribution in [2.75, 3.05) is 11.4 Å². The summed E-state index contributed by atoms with van der Waals surface area (Å²) in [5.74, 6) is -0.241. The van der Waals surface area contributed by atoms with Gasteiger partial charge in [-0.3, -0.25) is 4.79 Å². The number of para-hydroxylation sites is 1. The van der Waals surface area contributed by atoms with Crippen LogP contribution in [0.5, 0.6) is 0 Å². The zero-order valence-electron chi connectivity index (χ0n) is 16.2. The second-order valence-electron chi connectivity index (χ2n) is 7.19. The predicted octanol–water partition coefficient (Wildman–Crippen LogP) is 3.73. The Balaban J connectivity index is 1.74. The van der Waals surface area contributed by atoms with E-state index in [-0.39, 0.29) is 23.9 Å². The Morgan fingerprint density at radius 1 is 0.793 bits per heavy atom. The van der Waals surface area contributed by atoms with E-state index in [0.29, 0.717) is 12.2 Å². The molecule has 0 bridgehead atoms. The van der Waals surface area contributed by atoms with Gasteiger partial charge in [0.2, 0.25) is 15.9 Å². The van der Waals surface area contributed by atoms with Crippen molar-refractivity contribution in [3.05, 3.63) is 95.6 Å². The van der Waals surface area contributed by atoms with E-state index in [9.17, 15) is 13.2 Å². The van der Waals surface area contributed by atoms with Crippen LogP contribution in [0, 0.1) is 6.92 Å². The molecule has 0 aliphatic carbocycles. The SMILES string of the molecule is Cc1ccc(CN2CC(=O)N(Cc3ccccc3)c3ccccc3S2(=O)=O)cc1. The number of aryl methyl sites for hydroxylation is 1. The summed E-state index contributed by atoms with van der Waals surface area (Å²) in [5, 5.41) is 0. The van der Waals surface area contributed by atoms with Gasteiger partial charge in [0, 0.05) is 6.54 Å². The molecule has 3 aromatic rings. The van der Waals surface area contributed by atoms with Crippen LogP contribution in [-0.4, -0.2) is 25.2 Å². The Labute approximate surface area is 171 Å². The van der Waals surface area contributed by atoms with Crippen molar-refractivity contribution in [2.24, 2.45) is 0 Å². The Morgan fingerprint density at radius 2 is 1.41 bits per heavy atom. The standard InChI is InChI=1S/C23H22N2O3S/c1-18-11-13-20(14-12-18)15-24-17-23(26)25(16-19-7-3-2-4-8-19)21-9-5-6-10-22(21)29(24,27)28/h2-14H,15-17H2,1H3. The highest BCUT2D eigenvalue weighted by atomic mass is 32.2. The first-order valence-corrected chi connectivity index (χ1v) is 10.9. The Morgan fingerprint density at radius 3 is 2.14 bits per heavy atom. The molecule has 6 heteroatoms. The number of sulfonamides is 1. The molecule has 4 rings (SSSR count). The van der Waals surface area contributed by atoms with Crippen molar-refractivity contribution < 1.29 is 13.2 Å². The Kier molecular flexibility index (Phi) is 5.22. The number of nitrogens with zero attached hydrogens (tertiary/aromatic N) is 2.